The molecule has 0 radical (unpaired) electrons. The van der Waals surface area contributed by atoms with E-state index in [0.29, 0.717) is 11.5 Å². The Kier molecular flexibility index (Phi) is 4.87. The Labute approximate surface area is 134 Å². The molecule has 2 aromatic rings. The van der Waals surface area contributed by atoms with Crippen molar-refractivity contribution in [1.82, 2.24) is 20.1 Å². The predicted octanol–water partition coefficient (Wildman–Crippen LogP) is 1.94. The number of pyridine rings is 1. The summed E-state index contributed by atoms with van der Waals surface area (Å²) in [4.78, 5) is 16.3. The number of rotatable bonds is 4. The van der Waals surface area contributed by atoms with Gasteiger partial charge in [-0.15, -0.1) is 0 Å². The number of hydrogen-bond donors (Lipinski definition) is 3. The summed E-state index contributed by atoms with van der Waals surface area (Å²) in [7, 11) is 0. The van der Waals surface area contributed by atoms with Crippen molar-refractivity contribution in [2.45, 2.75) is 31.7 Å². The third-order valence-electron chi connectivity index (χ3n) is 4.18. The van der Waals surface area contributed by atoms with Gasteiger partial charge in [-0.05, 0) is 25.0 Å². The first-order valence-corrected chi connectivity index (χ1v) is 7.90. The molecule has 2 aromatic heterocycles. The fourth-order valence-corrected chi connectivity index (χ4v) is 2.95. The zero-order valence-electron chi connectivity index (χ0n) is 12.9. The second kappa shape index (κ2) is 7.23. The standard InChI is InChI=1S/C16H21N5O2/c22-11-12-5-1-2-6-14(12)20-16(23)19-13-9-18-21(10-13)15-7-3-4-8-17-15/h3-4,7-10,12,14,22H,1-2,5-6,11H2,(H2,19,20,23)/t12-,14+/m1/s1. The average molecular weight is 315 g/mol. The van der Waals surface area contributed by atoms with E-state index in [2.05, 4.69) is 20.7 Å². The Balaban J connectivity index is 1.59. The number of anilines is 1. The van der Waals surface area contributed by atoms with E-state index in [0.717, 1.165) is 25.7 Å². The molecule has 7 nitrogen and oxygen atoms in total. The van der Waals surface area contributed by atoms with Gasteiger partial charge < -0.3 is 15.7 Å². The van der Waals surface area contributed by atoms with Gasteiger partial charge in [0.15, 0.2) is 5.82 Å². The van der Waals surface area contributed by atoms with E-state index in [1.807, 2.05) is 18.2 Å². The molecular formula is C16H21N5O2. The Morgan fingerprint density at radius 1 is 1.35 bits per heavy atom. The summed E-state index contributed by atoms with van der Waals surface area (Å²) in [5.74, 6) is 0.833. The molecule has 1 aliphatic rings. The van der Waals surface area contributed by atoms with Crippen LogP contribution in [0.5, 0.6) is 0 Å². The second-order valence-corrected chi connectivity index (χ2v) is 5.79. The Bertz CT molecular complexity index is 643. The summed E-state index contributed by atoms with van der Waals surface area (Å²) in [5, 5.41) is 19.3. The largest absolute Gasteiger partial charge is 0.396 e. The molecule has 0 saturated heterocycles. The van der Waals surface area contributed by atoms with Gasteiger partial charge in [-0.1, -0.05) is 18.9 Å². The zero-order valence-corrected chi connectivity index (χ0v) is 12.9. The van der Waals surface area contributed by atoms with Crippen LogP contribution in [0.3, 0.4) is 0 Å². The molecule has 2 amide bonds. The molecule has 122 valence electrons. The lowest BCUT2D eigenvalue weighted by Crippen LogP contribution is -2.45. The fourth-order valence-electron chi connectivity index (χ4n) is 2.95. The molecule has 0 spiro atoms. The van der Waals surface area contributed by atoms with Gasteiger partial charge in [0.05, 0.1) is 18.1 Å². The molecule has 3 rings (SSSR count). The maximum absolute atomic E-state index is 12.1. The zero-order chi connectivity index (χ0) is 16.1. The number of aliphatic hydroxyl groups excluding tert-OH is 1. The predicted molar refractivity (Wildman–Crippen MR) is 86.3 cm³/mol. The molecule has 0 aromatic carbocycles. The number of amides is 2. The van der Waals surface area contributed by atoms with Gasteiger partial charge >= 0.3 is 6.03 Å². The quantitative estimate of drug-likeness (QED) is 0.804. The van der Waals surface area contributed by atoms with Crippen LogP contribution in [0.1, 0.15) is 25.7 Å². The number of carbonyl (C=O) groups excluding carboxylic acids is 1. The van der Waals surface area contributed by atoms with E-state index >= 15 is 0 Å². The summed E-state index contributed by atoms with van der Waals surface area (Å²) in [6, 6.07) is 5.31. The molecule has 0 aliphatic heterocycles. The summed E-state index contributed by atoms with van der Waals surface area (Å²) in [6.07, 6.45) is 9.05. The van der Waals surface area contributed by atoms with Crippen molar-refractivity contribution >= 4 is 11.7 Å². The Morgan fingerprint density at radius 3 is 3.00 bits per heavy atom. The highest BCUT2D eigenvalue weighted by Gasteiger charge is 2.25. The first kappa shape index (κ1) is 15.5. The first-order valence-electron chi connectivity index (χ1n) is 7.90. The van der Waals surface area contributed by atoms with Gasteiger partial charge in [-0.25, -0.2) is 14.5 Å². The lowest BCUT2D eigenvalue weighted by Gasteiger charge is -2.30. The molecule has 1 fully saturated rings. The third kappa shape index (κ3) is 3.87. The average Bonchev–Trinajstić information content (AvgIpc) is 3.04. The van der Waals surface area contributed by atoms with Crippen LogP contribution >= 0.6 is 0 Å². The second-order valence-electron chi connectivity index (χ2n) is 5.79. The lowest BCUT2D eigenvalue weighted by atomic mass is 9.85. The number of hydrogen-bond acceptors (Lipinski definition) is 4. The van der Waals surface area contributed by atoms with Crippen LogP contribution in [-0.4, -0.2) is 38.6 Å². The lowest BCUT2D eigenvalue weighted by molar-refractivity contribution is 0.156. The van der Waals surface area contributed by atoms with E-state index in [1.54, 1.807) is 23.3 Å². The Morgan fingerprint density at radius 2 is 2.22 bits per heavy atom. The SMILES string of the molecule is O=C(Nc1cnn(-c2ccccn2)c1)N[C@H]1CCCC[C@@H]1CO. The van der Waals surface area contributed by atoms with E-state index in [1.165, 1.54) is 0 Å². The molecule has 2 atom stereocenters. The minimum atomic E-state index is -0.268. The van der Waals surface area contributed by atoms with Gasteiger partial charge in [-0.2, -0.15) is 5.10 Å². The minimum Gasteiger partial charge on any atom is -0.396 e. The van der Waals surface area contributed by atoms with E-state index in [-0.39, 0.29) is 24.6 Å². The third-order valence-corrected chi connectivity index (χ3v) is 4.18. The van der Waals surface area contributed by atoms with E-state index in [4.69, 9.17) is 0 Å². The molecule has 7 heteroatoms. The van der Waals surface area contributed by atoms with Crippen LogP contribution in [-0.2, 0) is 0 Å². The summed E-state index contributed by atoms with van der Waals surface area (Å²) < 4.78 is 1.60. The summed E-state index contributed by atoms with van der Waals surface area (Å²) in [6.45, 7) is 0.114. The van der Waals surface area contributed by atoms with Gasteiger partial charge in [0.1, 0.15) is 0 Å². The first-order chi connectivity index (χ1) is 11.3. The van der Waals surface area contributed by atoms with Crippen LogP contribution in [0.15, 0.2) is 36.8 Å². The Hall–Kier alpha value is -2.41. The molecular weight excluding hydrogens is 294 g/mol. The highest BCUT2D eigenvalue weighted by atomic mass is 16.3. The van der Waals surface area contributed by atoms with E-state index < -0.39 is 0 Å². The van der Waals surface area contributed by atoms with Crippen LogP contribution in [0.4, 0.5) is 10.5 Å². The topological polar surface area (TPSA) is 92.1 Å². The van der Waals surface area contributed by atoms with Crippen LogP contribution in [0.25, 0.3) is 5.82 Å². The van der Waals surface area contributed by atoms with Crippen molar-refractivity contribution in [3.63, 3.8) is 0 Å². The highest BCUT2D eigenvalue weighted by molar-refractivity contribution is 5.89. The molecule has 3 N–H and O–H groups in total. The fraction of sp³-hybridized carbons (Fsp3) is 0.438. The monoisotopic (exact) mass is 315 g/mol. The number of nitrogens with one attached hydrogen (secondary N) is 2. The maximum atomic E-state index is 12.1. The highest BCUT2D eigenvalue weighted by Crippen LogP contribution is 2.24. The van der Waals surface area contributed by atoms with Crippen molar-refractivity contribution in [1.29, 1.82) is 0 Å². The van der Waals surface area contributed by atoms with Crippen LogP contribution < -0.4 is 10.6 Å². The van der Waals surface area contributed by atoms with Crippen molar-refractivity contribution in [3.8, 4) is 5.82 Å². The van der Waals surface area contributed by atoms with Crippen molar-refractivity contribution in [2.75, 3.05) is 11.9 Å². The minimum absolute atomic E-state index is 0.0274. The van der Waals surface area contributed by atoms with Gasteiger partial charge in [0, 0.05) is 24.8 Å². The number of carbonyl (C=O) groups is 1. The number of aromatic nitrogens is 3. The molecule has 0 bridgehead atoms. The molecule has 2 heterocycles. The number of urea groups is 1. The molecule has 1 aliphatic carbocycles. The van der Waals surface area contributed by atoms with Crippen LogP contribution in [0, 0.1) is 5.92 Å². The molecule has 23 heavy (non-hydrogen) atoms. The van der Waals surface area contributed by atoms with Crippen molar-refractivity contribution in [2.24, 2.45) is 5.92 Å². The maximum Gasteiger partial charge on any atom is 0.319 e. The van der Waals surface area contributed by atoms with Crippen molar-refractivity contribution in [3.05, 3.63) is 36.8 Å². The number of nitrogens with zero attached hydrogens (tertiary/aromatic N) is 3. The van der Waals surface area contributed by atoms with Crippen molar-refractivity contribution < 1.29 is 9.90 Å². The molecule has 1 saturated carbocycles. The van der Waals surface area contributed by atoms with Gasteiger partial charge in [0.2, 0.25) is 0 Å². The van der Waals surface area contributed by atoms with Gasteiger partial charge in [-0.3, -0.25) is 0 Å². The number of aliphatic hydroxyl groups is 1. The normalized spacial score (nSPS) is 20.9. The summed E-state index contributed by atoms with van der Waals surface area (Å²) in [5.41, 5.74) is 0.601. The summed E-state index contributed by atoms with van der Waals surface area (Å²) >= 11 is 0. The van der Waals surface area contributed by atoms with E-state index in [9.17, 15) is 9.90 Å². The van der Waals surface area contributed by atoms with Gasteiger partial charge in [0.25, 0.3) is 0 Å². The molecule has 0 unspecified atom stereocenters. The smallest absolute Gasteiger partial charge is 0.319 e. The van der Waals surface area contributed by atoms with Crippen LogP contribution in [0.2, 0.25) is 0 Å².